The topological polar surface area (TPSA) is 36.4 Å². The van der Waals surface area contributed by atoms with E-state index in [0.717, 1.165) is 26.1 Å². The van der Waals surface area contributed by atoms with Crippen LogP contribution in [0.5, 0.6) is 0 Å². The van der Waals surface area contributed by atoms with Crippen molar-refractivity contribution in [2.75, 3.05) is 19.6 Å². The summed E-state index contributed by atoms with van der Waals surface area (Å²) in [4.78, 5) is 6.32. The Kier molecular flexibility index (Phi) is 2.52. The largest absolute Gasteiger partial charge is 0.388 e. The first-order valence-electron chi connectivity index (χ1n) is 4.99. The van der Waals surface area contributed by atoms with Gasteiger partial charge in [0.05, 0.1) is 5.60 Å². The van der Waals surface area contributed by atoms with E-state index >= 15 is 0 Å². The Balaban J connectivity index is 1.75. The highest BCUT2D eigenvalue weighted by Gasteiger charge is 2.35. The third-order valence-electron chi connectivity index (χ3n) is 2.57. The van der Waals surface area contributed by atoms with Crippen LogP contribution in [0.4, 0.5) is 0 Å². The fourth-order valence-corrected chi connectivity index (χ4v) is 1.91. The van der Waals surface area contributed by atoms with Crippen LogP contribution in [-0.4, -0.2) is 40.2 Å². The molecule has 0 atom stereocenters. The Labute approximate surface area is 84.4 Å². The van der Waals surface area contributed by atoms with E-state index in [-0.39, 0.29) is 0 Å². The van der Waals surface area contributed by atoms with Crippen molar-refractivity contribution in [3.05, 3.63) is 30.1 Å². The number of aliphatic hydroxyl groups is 1. The van der Waals surface area contributed by atoms with E-state index in [0.29, 0.717) is 0 Å². The standard InChI is InChI=1S/C11H16N2O/c1-11(14)8-13(9-11)6-4-10-3-2-5-12-7-10/h2-3,5,7,14H,4,6,8-9H2,1H3. The van der Waals surface area contributed by atoms with Gasteiger partial charge in [-0.05, 0) is 25.0 Å². The van der Waals surface area contributed by atoms with Crippen LogP contribution in [0.2, 0.25) is 0 Å². The van der Waals surface area contributed by atoms with E-state index in [1.807, 2.05) is 19.2 Å². The molecule has 1 aliphatic heterocycles. The molecule has 0 saturated carbocycles. The van der Waals surface area contributed by atoms with Crippen molar-refractivity contribution >= 4 is 0 Å². The van der Waals surface area contributed by atoms with Crippen LogP contribution in [0.3, 0.4) is 0 Å². The zero-order chi connectivity index (χ0) is 10.0. The van der Waals surface area contributed by atoms with Gasteiger partial charge >= 0.3 is 0 Å². The molecule has 3 heteroatoms. The number of pyridine rings is 1. The molecule has 1 fully saturated rings. The molecule has 0 amide bonds. The van der Waals surface area contributed by atoms with Crippen LogP contribution in [0.15, 0.2) is 24.5 Å². The number of β-amino-alcohol motifs (C(OH)–C–C–N with tert-alkyl or cyclic N) is 1. The van der Waals surface area contributed by atoms with Gasteiger partial charge in [0.25, 0.3) is 0 Å². The predicted molar refractivity (Wildman–Crippen MR) is 55.0 cm³/mol. The number of rotatable bonds is 3. The number of hydrogen-bond acceptors (Lipinski definition) is 3. The molecule has 0 radical (unpaired) electrons. The van der Waals surface area contributed by atoms with Crippen molar-refractivity contribution in [2.45, 2.75) is 18.9 Å². The van der Waals surface area contributed by atoms with E-state index in [9.17, 15) is 5.11 Å². The van der Waals surface area contributed by atoms with Gasteiger partial charge in [-0.25, -0.2) is 0 Å². The second-order valence-corrected chi connectivity index (χ2v) is 4.32. The summed E-state index contributed by atoms with van der Waals surface area (Å²) in [7, 11) is 0. The molecule has 14 heavy (non-hydrogen) atoms. The second kappa shape index (κ2) is 3.67. The minimum absolute atomic E-state index is 0.449. The summed E-state index contributed by atoms with van der Waals surface area (Å²) in [6.07, 6.45) is 4.71. The fourth-order valence-electron chi connectivity index (χ4n) is 1.91. The van der Waals surface area contributed by atoms with E-state index < -0.39 is 5.60 Å². The average Bonchev–Trinajstić information content (AvgIpc) is 2.13. The lowest BCUT2D eigenvalue weighted by Crippen LogP contribution is -2.60. The molecule has 2 heterocycles. The lowest BCUT2D eigenvalue weighted by Gasteiger charge is -2.44. The highest BCUT2D eigenvalue weighted by molar-refractivity contribution is 5.09. The highest BCUT2D eigenvalue weighted by Crippen LogP contribution is 2.19. The summed E-state index contributed by atoms with van der Waals surface area (Å²) >= 11 is 0. The first-order valence-corrected chi connectivity index (χ1v) is 4.99. The van der Waals surface area contributed by atoms with Gasteiger partial charge in [0.1, 0.15) is 0 Å². The Morgan fingerprint density at radius 1 is 1.57 bits per heavy atom. The summed E-state index contributed by atoms with van der Waals surface area (Å²) in [5, 5.41) is 9.53. The number of nitrogens with zero attached hydrogens (tertiary/aromatic N) is 2. The van der Waals surface area contributed by atoms with Gasteiger partial charge in [-0.1, -0.05) is 6.07 Å². The molecule has 0 spiro atoms. The van der Waals surface area contributed by atoms with Gasteiger partial charge < -0.3 is 5.11 Å². The minimum atomic E-state index is -0.449. The van der Waals surface area contributed by atoms with Crippen LogP contribution in [0.25, 0.3) is 0 Å². The lowest BCUT2D eigenvalue weighted by atomic mass is 9.96. The van der Waals surface area contributed by atoms with Crippen molar-refractivity contribution in [1.29, 1.82) is 0 Å². The summed E-state index contributed by atoms with van der Waals surface area (Å²) in [5.74, 6) is 0. The lowest BCUT2D eigenvalue weighted by molar-refractivity contribution is -0.0824. The monoisotopic (exact) mass is 192 g/mol. The summed E-state index contributed by atoms with van der Waals surface area (Å²) in [5.41, 5.74) is 0.814. The SMILES string of the molecule is CC1(O)CN(CCc2cccnc2)C1. The molecule has 2 rings (SSSR count). The summed E-state index contributed by atoms with van der Waals surface area (Å²) < 4.78 is 0. The predicted octanol–water partition coefficient (Wildman–Crippen LogP) is 0.691. The Bertz CT molecular complexity index is 289. The average molecular weight is 192 g/mol. The van der Waals surface area contributed by atoms with Crippen molar-refractivity contribution in [3.8, 4) is 0 Å². The Hall–Kier alpha value is -0.930. The summed E-state index contributed by atoms with van der Waals surface area (Å²) in [6, 6.07) is 4.05. The van der Waals surface area contributed by atoms with Crippen molar-refractivity contribution in [2.24, 2.45) is 0 Å². The quantitative estimate of drug-likeness (QED) is 0.765. The molecule has 3 nitrogen and oxygen atoms in total. The van der Waals surface area contributed by atoms with Crippen LogP contribution in [-0.2, 0) is 6.42 Å². The fraction of sp³-hybridized carbons (Fsp3) is 0.545. The number of hydrogen-bond donors (Lipinski definition) is 1. The zero-order valence-corrected chi connectivity index (χ0v) is 8.48. The minimum Gasteiger partial charge on any atom is -0.388 e. The molecular formula is C11H16N2O. The molecule has 1 N–H and O–H groups in total. The number of likely N-dealkylation sites (tertiary alicyclic amines) is 1. The normalized spacial score (nSPS) is 20.4. The molecule has 0 unspecified atom stereocenters. The van der Waals surface area contributed by atoms with Crippen molar-refractivity contribution in [1.82, 2.24) is 9.88 Å². The molecule has 1 saturated heterocycles. The molecule has 1 aromatic rings. The molecule has 1 aromatic heterocycles. The molecule has 0 aliphatic carbocycles. The highest BCUT2D eigenvalue weighted by atomic mass is 16.3. The second-order valence-electron chi connectivity index (χ2n) is 4.32. The Morgan fingerprint density at radius 2 is 2.36 bits per heavy atom. The maximum absolute atomic E-state index is 9.53. The maximum atomic E-state index is 9.53. The van der Waals surface area contributed by atoms with Gasteiger partial charge in [0.15, 0.2) is 0 Å². The number of aromatic nitrogens is 1. The molecule has 76 valence electrons. The first-order chi connectivity index (χ1) is 6.66. The molecular weight excluding hydrogens is 176 g/mol. The van der Waals surface area contributed by atoms with E-state index in [1.54, 1.807) is 6.20 Å². The van der Waals surface area contributed by atoms with Gasteiger partial charge in [-0.2, -0.15) is 0 Å². The van der Waals surface area contributed by atoms with Gasteiger partial charge in [-0.3, -0.25) is 9.88 Å². The van der Waals surface area contributed by atoms with Gasteiger partial charge in [0.2, 0.25) is 0 Å². The molecule has 0 bridgehead atoms. The van der Waals surface area contributed by atoms with Gasteiger partial charge in [-0.15, -0.1) is 0 Å². The van der Waals surface area contributed by atoms with Gasteiger partial charge in [0, 0.05) is 32.0 Å². The van der Waals surface area contributed by atoms with E-state index in [1.165, 1.54) is 5.56 Å². The van der Waals surface area contributed by atoms with Crippen molar-refractivity contribution < 1.29 is 5.11 Å². The maximum Gasteiger partial charge on any atom is 0.0872 e. The van der Waals surface area contributed by atoms with Crippen LogP contribution < -0.4 is 0 Å². The Morgan fingerprint density at radius 3 is 2.93 bits per heavy atom. The van der Waals surface area contributed by atoms with Crippen LogP contribution in [0.1, 0.15) is 12.5 Å². The summed E-state index contributed by atoms with van der Waals surface area (Å²) in [6.45, 7) is 4.50. The van der Waals surface area contributed by atoms with Crippen LogP contribution in [0, 0.1) is 0 Å². The molecule has 0 aromatic carbocycles. The smallest absolute Gasteiger partial charge is 0.0872 e. The first kappa shape index (κ1) is 9.62. The van der Waals surface area contributed by atoms with E-state index in [4.69, 9.17) is 0 Å². The third-order valence-corrected chi connectivity index (χ3v) is 2.57. The third kappa shape index (κ3) is 2.30. The van der Waals surface area contributed by atoms with Crippen molar-refractivity contribution in [3.63, 3.8) is 0 Å². The van der Waals surface area contributed by atoms with E-state index in [2.05, 4.69) is 16.0 Å². The molecule has 1 aliphatic rings. The zero-order valence-electron chi connectivity index (χ0n) is 8.48. The van der Waals surface area contributed by atoms with Crippen LogP contribution >= 0.6 is 0 Å².